The fraction of sp³-hybridized carbons (Fsp3) is 0.643. The van der Waals surface area contributed by atoms with Gasteiger partial charge in [-0.25, -0.2) is 4.98 Å². The average Bonchev–Trinajstić information content (AvgIpc) is 2.40. The summed E-state index contributed by atoms with van der Waals surface area (Å²) in [4.78, 5) is 4.49. The van der Waals surface area contributed by atoms with Gasteiger partial charge in [0, 0.05) is 17.2 Å². The van der Waals surface area contributed by atoms with Gasteiger partial charge in [0.1, 0.15) is 5.82 Å². The highest BCUT2D eigenvalue weighted by molar-refractivity contribution is 9.10. The van der Waals surface area contributed by atoms with Gasteiger partial charge in [-0.1, -0.05) is 13.3 Å². The van der Waals surface area contributed by atoms with Crippen molar-refractivity contribution in [2.75, 3.05) is 17.2 Å². The molecule has 4 heteroatoms. The van der Waals surface area contributed by atoms with Crippen LogP contribution in [0.1, 0.15) is 39.0 Å². The molecular formula is C14H20BrN3. The van der Waals surface area contributed by atoms with E-state index in [9.17, 15) is 0 Å². The Morgan fingerprint density at radius 3 is 2.94 bits per heavy atom. The molecule has 1 aromatic rings. The molecule has 0 unspecified atom stereocenters. The molecule has 1 fully saturated rings. The predicted molar refractivity (Wildman–Crippen MR) is 79.0 cm³/mol. The highest BCUT2D eigenvalue weighted by atomic mass is 79.9. The van der Waals surface area contributed by atoms with Crippen molar-refractivity contribution in [3.8, 4) is 0 Å². The summed E-state index contributed by atoms with van der Waals surface area (Å²) in [5.41, 5.74) is 1.35. The third kappa shape index (κ3) is 2.22. The van der Waals surface area contributed by atoms with Gasteiger partial charge < -0.3 is 10.6 Å². The molecule has 2 aliphatic rings. The van der Waals surface area contributed by atoms with E-state index < -0.39 is 0 Å². The van der Waals surface area contributed by atoms with Crippen molar-refractivity contribution < 1.29 is 0 Å². The number of anilines is 2. The monoisotopic (exact) mass is 309 g/mol. The zero-order valence-corrected chi connectivity index (χ0v) is 12.4. The summed E-state index contributed by atoms with van der Waals surface area (Å²) in [6.45, 7) is 3.33. The molecule has 0 amide bonds. The van der Waals surface area contributed by atoms with Crippen LogP contribution in [0.2, 0.25) is 0 Å². The van der Waals surface area contributed by atoms with Crippen LogP contribution in [0.3, 0.4) is 0 Å². The number of hydrogen-bond acceptors (Lipinski definition) is 3. The Balaban J connectivity index is 1.76. The third-order valence-electron chi connectivity index (χ3n) is 4.49. The van der Waals surface area contributed by atoms with E-state index in [1.807, 2.05) is 6.20 Å². The summed E-state index contributed by atoms with van der Waals surface area (Å²) in [5.74, 6) is 1.94. The van der Waals surface area contributed by atoms with Crippen LogP contribution in [0.15, 0.2) is 16.7 Å². The molecule has 1 spiro atoms. The molecule has 0 bridgehead atoms. The first kappa shape index (κ1) is 12.3. The second-order valence-corrected chi connectivity index (χ2v) is 6.58. The van der Waals surface area contributed by atoms with Crippen molar-refractivity contribution >= 4 is 27.4 Å². The molecule has 0 saturated heterocycles. The van der Waals surface area contributed by atoms with Gasteiger partial charge in [0.2, 0.25) is 0 Å². The Morgan fingerprint density at radius 1 is 1.44 bits per heavy atom. The minimum absolute atomic E-state index is 0.236. The molecule has 1 aliphatic heterocycles. The number of fused-ring (bicyclic) bond motifs is 1. The quantitative estimate of drug-likeness (QED) is 0.822. The fourth-order valence-corrected chi connectivity index (χ4v) is 3.50. The van der Waals surface area contributed by atoms with Gasteiger partial charge in [-0.2, -0.15) is 0 Å². The molecule has 1 aliphatic carbocycles. The lowest BCUT2D eigenvalue weighted by atomic mass is 9.75. The number of pyridine rings is 1. The highest BCUT2D eigenvalue weighted by Crippen LogP contribution is 2.40. The van der Waals surface area contributed by atoms with E-state index in [-0.39, 0.29) is 5.54 Å². The van der Waals surface area contributed by atoms with Crippen LogP contribution < -0.4 is 10.6 Å². The van der Waals surface area contributed by atoms with E-state index in [2.05, 4.69) is 44.5 Å². The topological polar surface area (TPSA) is 37.0 Å². The molecule has 2 heterocycles. The van der Waals surface area contributed by atoms with Crippen LogP contribution >= 0.6 is 15.9 Å². The molecule has 2 N–H and O–H groups in total. The molecule has 0 atom stereocenters. The Morgan fingerprint density at radius 2 is 2.22 bits per heavy atom. The predicted octanol–water partition coefficient (Wildman–Crippen LogP) is 4.02. The lowest BCUT2D eigenvalue weighted by molar-refractivity contribution is 0.255. The maximum atomic E-state index is 4.49. The lowest BCUT2D eigenvalue weighted by Crippen LogP contribution is -2.50. The van der Waals surface area contributed by atoms with Crippen LogP contribution in [0, 0.1) is 5.92 Å². The Bertz CT molecular complexity index is 439. The van der Waals surface area contributed by atoms with Crippen LogP contribution in [-0.4, -0.2) is 17.1 Å². The smallest absolute Gasteiger partial charge is 0.149 e. The van der Waals surface area contributed by atoms with Crippen molar-refractivity contribution in [3.63, 3.8) is 0 Å². The largest absolute Gasteiger partial charge is 0.380 e. The van der Waals surface area contributed by atoms with E-state index in [4.69, 9.17) is 0 Å². The van der Waals surface area contributed by atoms with Gasteiger partial charge >= 0.3 is 0 Å². The Labute approximate surface area is 117 Å². The summed E-state index contributed by atoms with van der Waals surface area (Å²) in [6, 6.07) is 2.10. The van der Waals surface area contributed by atoms with Gasteiger partial charge in [-0.3, -0.25) is 0 Å². The van der Waals surface area contributed by atoms with Gasteiger partial charge in [0.05, 0.1) is 11.2 Å². The summed E-state index contributed by atoms with van der Waals surface area (Å²) >= 11 is 3.46. The summed E-state index contributed by atoms with van der Waals surface area (Å²) in [7, 11) is 0. The summed E-state index contributed by atoms with van der Waals surface area (Å²) < 4.78 is 1.03. The minimum atomic E-state index is 0.236. The zero-order chi connectivity index (χ0) is 12.6. The van der Waals surface area contributed by atoms with E-state index in [1.165, 1.54) is 32.1 Å². The maximum Gasteiger partial charge on any atom is 0.149 e. The zero-order valence-electron chi connectivity index (χ0n) is 10.8. The molecule has 1 saturated carbocycles. The van der Waals surface area contributed by atoms with Crippen molar-refractivity contribution in [1.29, 1.82) is 0 Å². The molecule has 18 heavy (non-hydrogen) atoms. The number of hydrogen-bond donors (Lipinski definition) is 2. The normalized spacial score (nSPS) is 30.4. The SMILES string of the molecule is CCC1CCC2(CC1)CNc1cc(Br)cnc1N2. The first-order valence-electron chi connectivity index (χ1n) is 6.88. The Kier molecular flexibility index (Phi) is 3.22. The first-order valence-corrected chi connectivity index (χ1v) is 7.68. The molecule has 3 rings (SSSR count). The number of nitrogens with zero attached hydrogens (tertiary/aromatic N) is 1. The van der Waals surface area contributed by atoms with Crippen molar-refractivity contribution in [1.82, 2.24) is 4.98 Å². The maximum absolute atomic E-state index is 4.49. The highest BCUT2D eigenvalue weighted by Gasteiger charge is 2.37. The van der Waals surface area contributed by atoms with Crippen LogP contribution in [0.5, 0.6) is 0 Å². The molecule has 0 aromatic carbocycles. The third-order valence-corrected chi connectivity index (χ3v) is 4.93. The van der Waals surface area contributed by atoms with E-state index >= 15 is 0 Å². The number of halogens is 1. The van der Waals surface area contributed by atoms with Gasteiger partial charge in [-0.05, 0) is 53.6 Å². The molecule has 3 nitrogen and oxygen atoms in total. The average molecular weight is 310 g/mol. The molecular weight excluding hydrogens is 290 g/mol. The number of rotatable bonds is 1. The van der Waals surface area contributed by atoms with Crippen molar-refractivity contribution in [3.05, 3.63) is 16.7 Å². The fourth-order valence-electron chi connectivity index (χ4n) is 3.17. The summed E-state index contributed by atoms with van der Waals surface area (Å²) in [6.07, 6.45) is 8.40. The van der Waals surface area contributed by atoms with Crippen LogP contribution in [-0.2, 0) is 0 Å². The molecule has 98 valence electrons. The standard InChI is InChI=1S/C14H20BrN3/c1-2-10-3-5-14(6-4-10)9-17-12-7-11(15)8-16-13(12)18-14/h7-8,10,17H,2-6,9H2,1H3,(H,16,18). The molecule has 1 aromatic heterocycles. The number of aromatic nitrogens is 1. The first-order chi connectivity index (χ1) is 8.71. The van der Waals surface area contributed by atoms with Gasteiger partial charge in [0.15, 0.2) is 0 Å². The Hall–Kier alpha value is -0.770. The van der Waals surface area contributed by atoms with Crippen molar-refractivity contribution in [2.45, 2.75) is 44.6 Å². The van der Waals surface area contributed by atoms with E-state index in [0.717, 1.165) is 28.4 Å². The van der Waals surface area contributed by atoms with Crippen LogP contribution in [0.25, 0.3) is 0 Å². The van der Waals surface area contributed by atoms with Crippen LogP contribution in [0.4, 0.5) is 11.5 Å². The molecule has 0 radical (unpaired) electrons. The second kappa shape index (κ2) is 4.72. The minimum Gasteiger partial charge on any atom is -0.380 e. The number of nitrogens with one attached hydrogen (secondary N) is 2. The summed E-state index contributed by atoms with van der Waals surface area (Å²) in [5, 5.41) is 7.23. The van der Waals surface area contributed by atoms with E-state index in [0.29, 0.717) is 0 Å². The van der Waals surface area contributed by atoms with Gasteiger partial charge in [0.25, 0.3) is 0 Å². The van der Waals surface area contributed by atoms with Gasteiger partial charge in [-0.15, -0.1) is 0 Å². The second-order valence-electron chi connectivity index (χ2n) is 5.66. The van der Waals surface area contributed by atoms with Crippen molar-refractivity contribution in [2.24, 2.45) is 5.92 Å². The van der Waals surface area contributed by atoms with E-state index in [1.54, 1.807) is 0 Å². The lowest BCUT2D eigenvalue weighted by Gasteiger charge is -2.44.